The van der Waals surface area contributed by atoms with Crippen LogP contribution >= 0.6 is 0 Å². The molecule has 3 aromatic carbocycles. The first-order chi connectivity index (χ1) is 15.9. The van der Waals surface area contributed by atoms with Crippen LogP contribution in [-0.4, -0.2) is 41.6 Å². The van der Waals surface area contributed by atoms with Crippen molar-refractivity contribution in [3.05, 3.63) is 83.9 Å². The molecule has 2 amide bonds. The van der Waals surface area contributed by atoms with Crippen LogP contribution in [0.25, 0.3) is 10.8 Å². The number of rotatable bonds is 6. The van der Waals surface area contributed by atoms with E-state index in [4.69, 9.17) is 0 Å². The second kappa shape index (κ2) is 8.14. The van der Waals surface area contributed by atoms with E-state index in [1.54, 1.807) is 4.90 Å². The summed E-state index contributed by atoms with van der Waals surface area (Å²) in [5.41, 5.74) is 1.58. The van der Waals surface area contributed by atoms with Gasteiger partial charge in [0, 0.05) is 12.1 Å². The average Bonchev–Trinajstić information content (AvgIpc) is 3.17. The van der Waals surface area contributed by atoms with Crippen molar-refractivity contribution in [3.8, 4) is 0 Å². The van der Waals surface area contributed by atoms with Crippen molar-refractivity contribution in [1.82, 2.24) is 10.2 Å². The third-order valence-corrected chi connectivity index (χ3v) is 7.52. The Morgan fingerprint density at radius 3 is 2.45 bits per heavy atom. The lowest BCUT2D eigenvalue weighted by Crippen LogP contribution is -2.52. The zero-order valence-corrected chi connectivity index (χ0v) is 18.9. The molecule has 0 bridgehead atoms. The molecule has 5 rings (SSSR count). The number of fused-ring (bicyclic) bond motifs is 2. The summed E-state index contributed by atoms with van der Waals surface area (Å²) in [5.74, 6) is 0.0252. The Labute approximate surface area is 193 Å². The number of piperidine rings is 1. The Hall–Kier alpha value is -3.47. The number of nitrogens with zero attached hydrogens (tertiary/aromatic N) is 1. The Balaban J connectivity index is 1.38. The van der Waals surface area contributed by atoms with Gasteiger partial charge in [0.05, 0.1) is 6.04 Å². The third-order valence-electron chi connectivity index (χ3n) is 7.52. The molecule has 1 heterocycles. The molecule has 3 aromatic rings. The van der Waals surface area contributed by atoms with Gasteiger partial charge >= 0.3 is 0 Å². The molecule has 5 heteroatoms. The van der Waals surface area contributed by atoms with Crippen LogP contribution in [0.15, 0.2) is 72.8 Å². The summed E-state index contributed by atoms with van der Waals surface area (Å²) < 4.78 is 0. The standard InChI is InChI=1S/C28H28N2O3/c1-28(2)23-16-30(27(33)21-13-12-19-10-6-7-11-20(19)15-21)25(24(23)28)26(32)29-22(17-31)14-18-8-4-3-5-9-18/h3-13,15,17,22-25H,14,16H2,1-2H3,(H,29,32)/t22?,23-,24-,25?/m0/s1. The molecule has 2 unspecified atom stereocenters. The number of carbonyl (C=O) groups is 3. The lowest BCUT2D eigenvalue weighted by Gasteiger charge is -2.31. The zero-order valence-electron chi connectivity index (χ0n) is 18.9. The minimum absolute atomic E-state index is 0.0122. The van der Waals surface area contributed by atoms with Gasteiger partial charge in [-0.25, -0.2) is 0 Å². The quantitative estimate of drug-likeness (QED) is 0.592. The number of amides is 2. The summed E-state index contributed by atoms with van der Waals surface area (Å²) in [6.07, 6.45) is 1.21. The Morgan fingerprint density at radius 2 is 1.73 bits per heavy atom. The van der Waals surface area contributed by atoms with Gasteiger partial charge in [-0.1, -0.05) is 74.5 Å². The van der Waals surface area contributed by atoms with Gasteiger partial charge in [0.25, 0.3) is 5.91 Å². The molecule has 4 atom stereocenters. The minimum atomic E-state index is -0.626. The maximum absolute atomic E-state index is 13.5. The van der Waals surface area contributed by atoms with E-state index in [0.29, 0.717) is 24.4 Å². The second-order valence-corrected chi connectivity index (χ2v) is 9.86. The molecule has 1 N–H and O–H groups in total. The van der Waals surface area contributed by atoms with Crippen LogP contribution in [0, 0.1) is 17.3 Å². The highest BCUT2D eigenvalue weighted by Crippen LogP contribution is 2.65. The monoisotopic (exact) mass is 440 g/mol. The Kier molecular flexibility index (Phi) is 5.28. The number of likely N-dealkylation sites (tertiary alicyclic amines) is 1. The van der Waals surface area contributed by atoms with Crippen LogP contribution < -0.4 is 5.32 Å². The van der Waals surface area contributed by atoms with Gasteiger partial charge in [-0.2, -0.15) is 0 Å². The van der Waals surface area contributed by atoms with E-state index >= 15 is 0 Å². The molecule has 1 aliphatic carbocycles. The van der Waals surface area contributed by atoms with Gasteiger partial charge in [-0.05, 0) is 52.1 Å². The van der Waals surface area contributed by atoms with Crippen molar-refractivity contribution in [2.75, 3.05) is 6.54 Å². The molecule has 168 valence electrons. The van der Waals surface area contributed by atoms with E-state index in [9.17, 15) is 14.4 Å². The largest absolute Gasteiger partial charge is 0.344 e. The number of hydrogen-bond acceptors (Lipinski definition) is 3. The summed E-state index contributed by atoms with van der Waals surface area (Å²) >= 11 is 0. The first-order valence-electron chi connectivity index (χ1n) is 11.5. The number of hydrogen-bond donors (Lipinski definition) is 1. The average molecular weight is 441 g/mol. The smallest absolute Gasteiger partial charge is 0.254 e. The van der Waals surface area contributed by atoms with Gasteiger partial charge in [0.15, 0.2) is 0 Å². The second-order valence-electron chi connectivity index (χ2n) is 9.86. The van der Waals surface area contributed by atoms with Crippen molar-refractivity contribution in [3.63, 3.8) is 0 Å². The molecule has 5 nitrogen and oxygen atoms in total. The highest BCUT2D eigenvalue weighted by molar-refractivity contribution is 6.01. The van der Waals surface area contributed by atoms with Crippen LogP contribution in [-0.2, 0) is 16.0 Å². The predicted molar refractivity (Wildman–Crippen MR) is 128 cm³/mol. The summed E-state index contributed by atoms with van der Waals surface area (Å²) in [4.78, 5) is 40.4. The molecule has 2 fully saturated rings. The van der Waals surface area contributed by atoms with E-state index in [-0.39, 0.29) is 23.1 Å². The van der Waals surface area contributed by atoms with E-state index in [2.05, 4.69) is 19.2 Å². The van der Waals surface area contributed by atoms with Crippen molar-refractivity contribution in [1.29, 1.82) is 0 Å². The molecular weight excluding hydrogens is 412 g/mol. The number of nitrogens with one attached hydrogen (secondary N) is 1. The highest BCUT2D eigenvalue weighted by Gasteiger charge is 2.69. The van der Waals surface area contributed by atoms with E-state index in [0.717, 1.165) is 22.6 Å². The van der Waals surface area contributed by atoms with Crippen molar-refractivity contribution in [2.24, 2.45) is 17.3 Å². The van der Waals surface area contributed by atoms with Crippen molar-refractivity contribution < 1.29 is 14.4 Å². The molecule has 0 aromatic heterocycles. The fourth-order valence-electron chi connectivity index (χ4n) is 5.55. The third kappa shape index (κ3) is 3.82. The Morgan fingerprint density at radius 1 is 1.03 bits per heavy atom. The maximum Gasteiger partial charge on any atom is 0.254 e. The van der Waals surface area contributed by atoms with Crippen molar-refractivity contribution in [2.45, 2.75) is 32.4 Å². The first-order valence-corrected chi connectivity index (χ1v) is 11.5. The van der Waals surface area contributed by atoms with Crippen LogP contribution in [0.5, 0.6) is 0 Å². The normalized spacial score (nSPS) is 23.6. The van der Waals surface area contributed by atoms with Crippen LogP contribution in [0.3, 0.4) is 0 Å². The lowest BCUT2D eigenvalue weighted by atomic mass is 9.98. The van der Waals surface area contributed by atoms with Crippen LogP contribution in [0.2, 0.25) is 0 Å². The molecule has 1 saturated heterocycles. The highest BCUT2D eigenvalue weighted by atomic mass is 16.2. The summed E-state index contributed by atoms with van der Waals surface area (Å²) in [5, 5.41) is 4.99. The maximum atomic E-state index is 13.5. The molecule has 1 aliphatic heterocycles. The number of benzene rings is 3. The molecule has 1 saturated carbocycles. The van der Waals surface area contributed by atoms with E-state index in [1.165, 1.54) is 0 Å². The van der Waals surface area contributed by atoms with Crippen LogP contribution in [0.4, 0.5) is 0 Å². The lowest BCUT2D eigenvalue weighted by molar-refractivity contribution is -0.128. The summed E-state index contributed by atoms with van der Waals surface area (Å²) in [7, 11) is 0. The zero-order chi connectivity index (χ0) is 23.2. The van der Waals surface area contributed by atoms with E-state index < -0.39 is 12.1 Å². The van der Waals surface area contributed by atoms with Gasteiger partial charge in [-0.3, -0.25) is 9.59 Å². The summed E-state index contributed by atoms with van der Waals surface area (Å²) in [6.45, 7) is 4.87. The molecule has 0 spiro atoms. The Bertz CT molecular complexity index is 1220. The number of carbonyl (C=O) groups excluding carboxylic acids is 3. The van der Waals surface area contributed by atoms with Gasteiger partial charge in [-0.15, -0.1) is 0 Å². The molecule has 0 radical (unpaired) electrons. The molecule has 33 heavy (non-hydrogen) atoms. The van der Waals surface area contributed by atoms with Gasteiger partial charge in [0.1, 0.15) is 12.3 Å². The number of aldehydes is 1. The molecular formula is C28H28N2O3. The summed E-state index contributed by atoms with van der Waals surface area (Å²) in [6, 6.07) is 22.0. The van der Waals surface area contributed by atoms with Gasteiger partial charge < -0.3 is 15.0 Å². The molecule has 2 aliphatic rings. The van der Waals surface area contributed by atoms with Crippen LogP contribution in [0.1, 0.15) is 29.8 Å². The predicted octanol–water partition coefficient (Wildman–Crippen LogP) is 3.86. The van der Waals surface area contributed by atoms with Crippen molar-refractivity contribution >= 4 is 28.9 Å². The fraction of sp³-hybridized carbons (Fsp3) is 0.321. The fourth-order valence-corrected chi connectivity index (χ4v) is 5.55. The minimum Gasteiger partial charge on any atom is -0.344 e. The van der Waals surface area contributed by atoms with Gasteiger partial charge in [0.2, 0.25) is 5.91 Å². The SMILES string of the molecule is CC1(C)[C@@H]2C(C(=O)NC(C=O)Cc3ccccc3)N(C(=O)c3ccc4ccccc4c3)C[C@@H]21. The first kappa shape index (κ1) is 21.4. The topological polar surface area (TPSA) is 66.5 Å². The van der Waals surface area contributed by atoms with E-state index in [1.807, 2.05) is 72.8 Å².